The SMILES string of the molecule is CCN(C)C(=O)N1CC(C)CC(C(=O)O)C1. The van der Waals surface area contributed by atoms with Gasteiger partial charge in [0.05, 0.1) is 5.92 Å². The lowest BCUT2D eigenvalue weighted by Gasteiger charge is -2.36. The number of hydrogen-bond donors (Lipinski definition) is 1. The maximum absolute atomic E-state index is 11.9. The first kappa shape index (κ1) is 12.8. The smallest absolute Gasteiger partial charge is 0.319 e. The summed E-state index contributed by atoms with van der Waals surface area (Å²) < 4.78 is 0. The molecular formula is C11H20N2O3. The van der Waals surface area contributed by atoms with Crippen LogP contribution in [0, 0.1) is 11.8 Å². The van der Waals surface area contributed by atoms with Crippen molar-refractivity contribution in [3.8, 4) is 0 Å². The molecule has 5 nitrogen and oxygen atoms in total. The minimum Gasteiger partial charge on any atom is -0.481 e. The zero-order valence-corrected chi connectivity index (χ0v) is 10.1. The number of amides is 2. The van der Waals surface area contributed by atoms with E-state index in [1.54, 1.807) is 16.8 Å². The molecular weight excluding hydrogens is 208 g/mol. The molecule has 2 unspecified atom stereocenters. The summed E-state index contributed by atoms with van der Waals surface area (Å²) in [5.74, 6) is -0.967. The third-order valence-electron chi connectivity index (χ3n) is 3.08. The minimum absolute atomic E-state index is 0.0692. The van der Waals surface area contributed by atoms with Gasteiger partial charge in [-0.3, -0.25) is 4.79 Å². The fourth-order valence-electron chi connectivity index (χ4n) is 2.06. The minimum atomic E-state index is -0.802. The van der Waals surface area contributed by atoms with Gasteiger partial charge in [0.25, 0.3) is 0 Å². The first-order chi connectivity index (χ1) is 7.45. The molecule has 1 fully saturated rings. The van der Waals surface area contributed by atoms with E-state index in [9.17, 15) is 9.59 Å². The maximum atomic E-state index is 11.9. The molecule has 2 amide bonds. The fraction of sp³-hybridized carbons (Fsp3) is 0.818. The van der Waals surface area contributed by atoms with Crippen molar-refractivity contribution < 1.29 is 14.7 Å². The van der Waals surface area contributed by atoms with Crippen molar-refractivity contribution in [3.05, 3.63) is 0 Å². The van der Waals surface area contributed by atoms with Gasteiger partial charge >= 0.3 is 12.0 Å². The third-order valence-corrected chi connectivity index (χ3v) is 3.08. The van der Waals surface area contributed by atoms with Crippen LogP contribution in [0.15, 0.2) is 0 Å². The Hall–Kier alpha value is -1.26. The molecule has 0 aromatic rings. The van der Waals surface area contributed by atoms with Gasteiger partial charge in [0.1, 0.15) is 0 Å². The highest BCUT2D eigenvalue weighted by molar-refractivity contribution is 5.76. The van der Waals surface area contributed by atoms with E-state index < -0.39 is 11.9 Å². The highest BCUT2D eigenvalue weighted by atomic mass is 16.4. The number of rotatable bonds is 2. The topological polar surface area (TPSA) is 60.9 Å². The van der Waals surface area contributed by atoms with Gasteiger partial charge in [0.15, 0.2) is 0 Å². The lowest BCUT2D eigenvalue weighted by molar-refractivity contribution is -0.143. The van der Waals surface area contributed by atoms with Gasteiger partial charge in [0.2, 0.25) is 0 Å². The highest BCUT2D eigenvalue weighted by Gasteiger charge is 2.32. The van der Waals surface area contributed by atoms with Gasteiger partial charge < -0.3 is 14.9 Å². The van der Waals surface area contributed by atoms with Crippen LogP contribution in [-0.4, -0.2) is 53.6 Å². The van der Waals surface area contributed by atoms with E-state index in [1.807, 2.05) is 13.8 Å². The number of piperidine rings is 1. The van der Waals surface area contributed by atoms with Crippen molar-refractivity contribution in [2.75, 3.05) is 26.7 Å². The molecule has 1 aliphatic heterocycles. The predicted molar refractivity (Wildman–Crippen MR) is 60.2 cm³/mol. The van der Waals surface area contributed by atoms with Gasteiger partial charge in [-0.1, -0.05) is 6.92 Å². The number of carbonyl (C=O) groups excluding carboxylic acids is 1. The molecule has 92 valence electrons. The Labute approximate surface area is 96.0 Å². The molecule has 1 saturated heterocycles. The second-order valence-corrected chi connectivity index (χ2v) is 4.58. The van der Waals surface area contributed by atoms with E-state index in [0.717, 1.165) is 0 Å². The van der Waals surface area contributed by atoms with Gasteiger partial charge in [-0.15, -0.1) is 0 Å². The standard InChI is InChI=1S/C11H20N2O3/c1-4-12(3)11(16)13-6-8(2)5-9(7-13)10(14)15/h8-9H,4-7H2,1-3H3,(H,14,15). The van der Waals surface area contributed by atoms with Crippen LogP contribution >= 0.6 is 0 Å². The number of likely N-dealkylation sites (tertiary alicyclic amines) is 1. The van der Waals surface area contributed by atoms with Crippen molar-refractivity contribution in [1.82, 2.24) is 9.80 Å². The van der Waals surface area contributed by atoms with Crippen LogP contribution in [0.25, 0.3) is 0 Å². The molecule has 2 atom stereocenters. The Morgan fingerprint density at radius 2 is 2.06 bits per heavy atom. The molecule has 1 aliphatic rings. The number of carboxylic acids is 1. The Kier molecular flexibility index (Phi) is 4.15. The van der Waals surface area contributed by atoms with E-state index in [4.69, 9.17) is 5.11 Å². The van der Waals surface area contributed by atoms with Gasteiger partial charge in [-0.2, -0.15) is 0 Å². The molecule has 0 radical (unpaired) electrons. The Bertz CT molecular complexity index is 280. The van der Waals surface area contributed by atoms with Crippen LogP contribution in [0.5, 0.6) is 0 Å². The number of nitrogens with zero attached hydrogens (tertiary/aromatic N) is 2. The van der Waals surface area contributed by atoms with E-state index in [1.165, 1.54) is 0 Å². The normalized spacial score (nSPS) is 25.3. The van der Waals surface area contributed by atoms with Crippen LogP contribution < -0.4 is 0 Å². The molecule has 0 aromatic heterocycles. The molecule has 0 saturated carbocycles. The number of aliphatic carboxylic acids is 1. The summed E-state index contributed by atoms with van der Waals surface area (Å²) in [6.07, 6.45) is 0.662. The van der Waals surface area contributed by atoms with Crippen molar-refractivity contribution in [2.45, 2.75) is 20.3 Å². The Morgan fingerprint density at radius 3 is 2.56 bits per heavy atom. The van der Waals surface area contributed by atoms with Crippen molar-refractivity contribution >= 4 is 12.0 Å². The summed E-state index contributed by atoms with van der Waals surface area (Å²) in [7, 11) is 1.73. The summed E-state index contributed by atoms with van der Waals surface area (Å²) in [5.41, 5.74) is 0. The maximum Gasteiger partial charge on any atom is 0.319 e. The average molecular weight is 228 g/mol. The molecule has 1 rings (SSSR count). The van der Waals surface area contributed by atoms with Crippen molar-refractivity contribution in [2.24, 2.45) is 11.8 Å². The molecule has 0 bridgehead atoms. The molecule has 0 aliphatic carbocycles. The van der Waals surface area contributed by atoms with Crippen LogP contribution in [0.2, 0.25) is 0 Å². The molecule has 16 heavy (non-hydrogen) atoms. The zero-order chi connectivity index (χ0) is 12.3. The number of carbonyl (C=O) groups is 2. The van der Waals surface area contributed by atoms with Crippen LogP contribution in [0.4, 0.5) is 4.79 Å². The van der Waals surface area contributed by atoms with Gasteiger partial charge in [-0.25, -0.2) is 4.79 Å². The molecule has 1 heterocycles. The van der Waals surface area contributed by atoms with Crippen LogP contribution in [0.1, 0.15) is 20.3 Å². The molecule has 0 aromatic carbocycles. The van der Waals surface area contributed by atoms with Gasteiger partial charge in [0, 0.05) is 26.7 Å². The average Bonchev–Trinajstić information content (AvgIpc) is 2.26. The second-order valence-electron chi connectivity index (χ2n) is 4.58. The number of urea groups is 1. The van der Waals surface area contributed by atoms with E-state index in [-0.39, 0.29) is 11.9 Å². The molecule has 1 N–H and O–H groups in total. The predicted octanol–water partition coefficient (Wildman–Crippen LogP) is 1.10. The summed E-state index contributed by atoms with van der Waals surface area (Å²) in [5, 5.41) is 9.00. The fourth-order valence-corrected chi connectivity index (χ4v) is 2.06. The number of carboxylic acid groups (broad SMARTS) is 1. The monoisotopic (exact) mass is 228 g/mol. The first-order valence-electron chi connectivity index (χ1n) is 5.68. The highest BCUT2D eigenvalue weighted by Crippen LogP contribution is 2.22. The van der Waals surface area contributed by atoms with Crippen molar-refractivity contribution in [1.29, 1.82) is 0 Å². The summed E-state index contributed by atoms with van der Waals surface area (Å²) in [6, 6.07) is -0.0692. The summed E-state index contributed by atoms with van der Waals surface area (Å²) in [4.78, 5) is 26.1. The van der Waals surface area contributed by atoms with Crippen molar-refractivity contribution in [3.63, 3.8) is 0 Å². The second kappa shape index (κ2) is 5.18. The molecule has 5 heteroatoms. The number of hydrogen-bond acceptors (Lipinski definition) is 2. The quantitative estimate of drug-likeness (QED) is 0.770. The van der Waals surface area contributed by atoms with E-state index in [0.29, 0.717) is 26.1 Å². The van der Waals surface area contributed by atoms with Crippen LogP contribution in [-0.2, 0) is 4.79 Å². The molecule has 0 spiro atoms. The lowest BCUT2D eigenvalue weighted by atomic mass is 9.91. The Morgan fingerprint density at radius 1 is 1.44 bits per heavy atom. The lowest BCUT2D eigenvalue weighted by Crippen LogP contribution is -2.49. The van der Waals surface area contributed by atoms with Gasteiger partial charge in [-0.05, 0) is 19.3 Å². The summed E-state index contributed by atoms with van der Waals surface area (Å²) in [6.45, 7) is 5.53. The van der Waals surface area contributed by atoms with Crippen LogP contribution in [0.3, 0.4) is 0 Å². The summed E-state index contributed by atoms with van der Waals surface area (Å²) >= 11 is 0. The largest absolute Gasteiger partial charge is 0.481 e. The first-order valence-corrected chi connectivity index (χ1v) is 5.68. The third kappa shape index (κ3) is 2.87. The van der Waals surface area contributed by atoms with E-state index >= 15 is 0 Å². The zero-order valence-electron chi connectivity index (χ0n) is 10.1. The Balaban J connectivity index is 2.67. The van der Waals surface area contributed by atoms with E-state index in [2.05, 4.69) is 0 Å².